The third-order valence-electron chi connectivity index (χ3n) is 3.22. The number of carbonyl (C=O) groups excluding carboxylic acids is 1. The van der Waals surface area contributed by atoms with E-state index in [0.29, 0.717) is 23.9 Å². The summed E-state index contributed by atoms with van der Waals surface area (Å²) < 4.78 is 37.2. The van der Waals surface area contributed by atoms with Crippen LogP contribution in [0.15, 0.2) is 0 Å². The molecule has 2 amide bonds. The summed E-state index contributed by atoms with van der Waals surface area (Å²) in [4.78, 5) is 24.3. The van der Waals surface area contributed by atoms with Gasteiger partial charge in [-0.25, -0.2) is 4.79 Å². The smallest absolute Gasteiger partial charge is 0.406 e. The van der Waals surface area contributed by atoms with Gasteiger partial charge in [0.05, 0.1) is 0 Å². The van der Waals surface area contributed by atoms with Crippen LogP contribution in [-0.4, -0.2) is 59.3 Å². The van der Waals surface area contributed by atoms with Crippen molar-refractivity contribution in [3.05, 3.63) is 0 Å². The Balaban J connectivity index is 2.66. The number of aliphatic carboxylic acids is 1. The van der Waals surface area contributed by atoms with Gasteiger partial charge in [0, 0.05) is 13.1 Å². The van der Waals surface area contributed by atoms with Crippen molar-refractivity contribution < 1.29 is 27.9 Å². The van der Waals surface area contributed by atoms with Crippen LogP contribution in [0.25, 0.3) is 0 Å². The minimum absolute atomic E-state index is 0.293. The number of urea groups is 1. The summed E-state index contributed by atoms with van der Waals surface area (Å²) in [5.74, 6) is -1.16. The quantitative estimate of drug-likeness (QED) is 0.846. The molecule has 1 heterocycles. The number of rotatable bonds is 5. The van der Waals surface area contributed by atoms with Gasteiger partial charge in [0.25, 0.3) is 0 Å². The number of nitrogens with zero attached hydrogens (tertiary/aromatic N) is 2. The monoisotopic (exact) mass is 296 g/mol. The number of carboxylic acids is 1. The molecule has 1 unspecified atom stereocenters. The summed E-state index contributed by atoms with van der Waals surface area (Å²) in [5, 5.41) is 8.63. The molecular weight excluding hydrogens is 277 g/mol. The highest BCUT2D eigenvalue weighted by atomic mass is 19.4. The molecule has 0 aromatic heterocycles. The number of alkyl halides is 3. The van der Waals surface area contributed by atoms with Crippen molar-refractivity contribution >= 4 is 12.0 Å². The molecule has 1 rings (SSSR count). The molecule has 0 spiro atoms. The first-order valence-corrected chi connectivity index (χ1v) is 6.55. The predicted molar refractivity (Wildman–Crippen MR) is 65.2 cm³/mol. The van der Waals surface area contributed by atoms with E-state index in [9.17, 15) is 22.8 Å². The molecule has 8 heteroatoms. The average Bonchev–Trinajstić information content (AvgIpc) is 2.73. The summed E-state index contributed by atoms with van der Waals surface area (Å²) in [6, 6.07) is -0.844. The summed E-state index contributed by atoms with van der Waals surface area (Å²) in [5.41, 5.74) is 0. The van der Waals surface area contributed by atoms with E-state index in [0.717, 1.165) is 19.3 Å². The van der Waals surface area contributed by atoms with E-state index in [-0.39, 0.29) is 0 Å². The molecule has 5 nitrogen and oxygen atoms in total. The first kappa shape index (κ1) is 16.6. The molecule has 1 fully saturated rings. The van der Waals surface area contributed by atoms with Crippen LogP contribution in [0.4, 0.5) is 18.0 Å². The van der Waals surface area contributed by atoms with E-state index in [2.05, 4.69) is 0 Å². The standard InChI is InChI=1S/C12H19F3N2O3/c1-2-3-9-4-5-16(6-9)11(20)17(7-10(18)19)8-12(13,14)15/h9H,2-8H2,1H3,(H,18,19). The lowest BCUT2D eigenvalue weighted by Gasteiger charge is -2.27. The molecule has 20 heavy (non-hydrogen) atoms. The van der Waals surface area contributed by atoms with E-state index >= 15 is 0 Å². The summed E-state index contributed by atoms with van der Waals surface area (Å²) in [6.07, 6.45) is -1.98. The maximum atomic E-state index is 12.4. The molecule has 0 saturated carbocycles. The van der Waals surface area contributed by atoms with E-state index in [4.69, 9.17) is 5.11 Å². The minimum atomic E-state index is -4.60. The maximum Gasteiger partial charge on any atom is 0.406 e. The Hall–Kier alpha value is -1.47. The average molecular weight is 296 g/mol. The van der Waals surface area contributed by atoms with Crippen molar-refractivity contribution in [2.75, 3.05) is 26.2 Å². The van der Waals surface area contributed by atoms with E-state index in [1.807, 2.05) is 6.92 Å². The first-order chi connectivity index (χ1) is 9.23. The Morgan fingerprint density at radius 1 is 1.40 bits per heavy atom. The van der Waals surface area contributed by atoms with Crippen molar-refractivity contribution in [1.82, 2.24) is 9.80 Å². The topological polar surface area (TPSA) is 60.9 Å². The van der Waals surface area contributed by atoms with Crippen LogP contribution >= 0.6 is 0 Å². The Morgan fingerprint density at radius 3 is 2.55 bits per heavy atom. The first-order valence-electron chi connectivity index (χ1n) is 6.55. The Morgan fingerprint density at radius 2 is 2.05 bits per heavy atom. The molecule has 1 saturated heterocycles. The zero-order chi connectivity index (χ0) is 15.3. The number of likely N-dealkylation sites (tertiary alicyclic amines) is 1. The summed E-state index contributed by atoms with van der Waals surface area (Å²) >= 11 is 0. The second-order valence-electron chi connectivity index (χ2n) is 5.04. The molecule has 0 aromatic carbocycles. The zero-order valence-electron chi connectivity index (χ0n) is 11.3. The number of carboxylic acid groups (broad SMARTS) is 1. The molecule has 0 aliphatic carbocycles. The second kappa shape index (κ2) is 6.81. The Labute approximate surface area is 115 Å². The number of amides is 2. The zero-order valence-corrected chi connectivity index (χ0v) is 11.3. The van der Waals surface area contributed by atoms with Crippen molar-refractivity contribution in [2.45, 2.75) is 32.4 Å². The fraction of sp³-hybridized carbons (Fsp3) is 0.833. The molecule has 1 aliphatic rings. The lowest BCUT2D eigenvalue weighted by molar-refractivity contribution is -0.149. The van der Waals surface area contributed by atoms with Crippen LogP contribution in [0.3, 0.4) is 0 Å². The van der Waals surface area contributed by atoms with E-state index in [1.54, 1.807) is 0 Å². The van der Waals surface area contributed by atoms with Gasteiger partial charge in [-0.15, -0.1) is 0 Å². The minimum Gasteiger partial charge on any atom is -0.480 e. The number of hydrogen-bond donors (Lipinski definition) is 1. The van der Waals surface area contributed by atoms with Gasteiger partial charge in [-0.2, -0.15) is 13.2 Å². The number of hydrogen-bond acceptors (Lipinski definition) is 2. The third kappa shape index (κ3) is 5.26. The van der Waals surface area contributed by atoms with Crippen molar-refractivity contribution in [1.29, 1.82) is 0 Å². The molecule has 1 atom stereocenters. The van der Waals surface area contributed by atoms with Crippen molar-refractivity contribution in [2.24, 2.45) is 5.92 Å². The molecule has 1 aliphatic heterocycles. The molecule has 0 aromatic rings. The molecule has 0 bridgehead atoms. The lowest BCUT2D eigenvalue weighted by atomic mass is 10.0. The van der Waals surface area contributed by atoms with Gasteiger partial charge >= 0.3 is 18.2 Å². The fourth-order valence-corrected chi connectivity index (χ4v) is 2.42. The summed E-state index contributed by atoms with van der Waals surface area (Å²) in [6.45, 7) is 0.323. The van der Waals surface area contributed by atoms with Gasteiger partial charge in [0.2, 0.25) is 0 Å². The van der Waals surface area contributed by atoms with Crippen LogP contribution in [0, 0.1) is 5.92 Å². The van der Waals surface area contributed by atoms with Gasteiger partial charge in [-0.1, -0.05) is 13.3 Å². The van der Waals surface area contributed by atoms with Crippen LogP contribution < -0.4 is 0 Å². The van der Waals surface area contributed by atoms with Gasteiger partial charge in [-0.3, -0.25) is 4.79 Å². The van der Waals surface area contributed by atoms with Crippen molar-refractivity contribution in [3.8, 4) is 0 Å². The largest absolute Gasteiger partial charge is 0.480 e. The molecule has 1 N–H and O–H groups in total. The van der Waals surface area contributed by atoms with Gasteiger partial charge in [0.1, 0.15) is 13.1 Å². The van der Waals surface area contributed by atoms with Crippen LogP contribution in [-0.2, 0) is 4.79 Å². The van der Waals surface area contributed by atoms with Crippen LogP contribution in [0.5, 0.6) is 0 Å². The van der Waals surface area contributed by atoms with Crippen LogP contribution in [0.2, 0.25) is 0 Å². The predicted octanol–water partition coefficient (Wildman–Crippen LogP) is 2.18. The molecule has 116 valence electrons. The normalized spacial score (nSPS) is 19.2. The van der Waals surface area contributed by atoms with Gasteiger partial charge in [-0.05, 0) is 18.8 Å². The lowest BCUT2D eigenvalue weighted by Crippen LogP contribution is -2.48. The second-order valence-corrected chi connectivity index (χ2v) is 5.04. The highest BCUT2D eigenvalue weighted by Gasteiger charge is 2.37. The number of carbonyl (C=O) groups is 2. The Kier molecular flexibility index (Phi) is 5.64. The molecular formula is C12H19F3N2O3. The van der Waals surface area contributed by atoms with Crippen molar-refractivity contribution in [3.63, 3.8) is 0 Å². The van der Waals surface area contributed by atoms with E-state index < -0.39 is 31.3 Å². The maximum absolute atomic E-state index is 12.4. The number of halogens is 3. The van der Waals surface area contributed by atoms with Crippen LogP contribution in [0.1, 0.15) is 26.2 Å². The Bertz CT molecular complexity index is 360. The van der Waals surface area contributed by atoms with Gasteiger partial charge in [0.15, 0.2) is 0 Å². The fourth-order valence-electron chi connectivity index (χ4n) is 2.42. The van der Waals surface area contributed by atoms with Gasteiger partial charge < -0.3 is 14.9 Å². The van der Waals surface area contributed by atoms with E-state index in [1.165, 1.54) is 4.90 Å². The SMILES string of the molecule is CCCC1CCN(C(=O)N(CC(=O)O)CC(F)(F)F)C1. The highest BCUT2D eigenvalue weighted by molar-refractivity contribution is 5.80. The summed E-state index contributed by atoms with van der Waals surface area (Å²) in [7, 11) is 0. The highest BCUT2D eigenvalue weighted by Crippen LogP contribution is 2.23. The molecule has 0 radical (unpaired) electrons. The third-order valence-corrected chi connectivity index (χ3v) is 3.22.